The molecule has 0 aliphatic heterocycles. The fourth-order valence-corrected chi connectivity index (χ4v) is 2.09. The number of carbonyl (C=O) groups excluding carboxylic acids is 1. The second kappa shape index (κ2) is 6.66. The van der Waals surface area contributed by atoms with E-state index in [9.17, 15) is 9.59 Å². The lowest BCUT2D eigenvalue weighted by Crippen LogP contribution is -2.03. The van der Waals surface area contributed by atoms with Crippen molar-refractivity contribution >= 4 is 17.8 Å². The molecule has 0 amide bonds. The summed E-state index contributed by atoms with van der Waals surface area (Å²) in [6.45, 7) is 1.99. The van der Waals surface area contributed by atoms with Gasteiger partial charge in [0.2, 0.25) is 0 Å². The maximum absolute atomic E-state index is 12.3. The highest BCUT2D eigenvalue weighted by atomic mass is 16.4. The van der Waals surface area contributed by atoms with Gasteiger partial charge >= 0.3 is 5.97 Å². The quantitative estimate of drug-likeness (QED) is 0.673. The van der Waals surface area contributed by atoms with E-state index in [1.165, 1.54) is 6.08 Å². The summed E-state index contributed by atoms with van der Waals surface area (Å²) >= 11 is 0. The van der Waals surface area contributed by atoms with Crippen LogP contribution in [0.3, 0.4) is 0 Å². The molecule has 0 heterocycles. The molecular weight excluding hydrogens is 264 g/mol. The van der Waals surface area contributed by atoms with Gasteiger partial charge in [-0.3, -0.25) is 4.79 Å². The third-order valence-electron chi connectivity index (χ3n) is 3.07. The highest BCUT2D eigenvalue weighted by Crippen LogP contribution is 2.12. The average Bonchev–Trinajstić information content (AvgIpc) is 2.45. The van der Waals surface area contributed by atoms with E-state index in [1.54, 1.807) is 24.3 Å². The molecule has 0 bridgehead atoms. The first kappa shape index (κ1) is 14.7. The molecule has 0 atom stereocenters. The summed E-state index contributed by atoms with van der Waals surface area (Å²) in [4.78, 5) is 22.8. The van der Waals surface area contributed by atoms with Crippen molar-refractivity contribution in [3.8, 4) is 0 Å². The van der Waals surface area contributed by atoms with Crippen LogP contribution < -0.4 is 0 Å². The molecule has 0 aliphatic rings. The number of benzene rings is 2. The van der Waals surface area contributed by atoms with Crippen LogP contribution >= 0.6 is 0 Å². The Hall–Kier alpha value is -2.68. The molecule has 0 unspecified atom stereocenters. The van der Waals surface area contributed by atoms with Crippen LogP contribution in [0.1, 0.15) is 27.0 Å². The molecule has 0 saturated carbocycles. The zero-order valence-corrected chi connectivity index (χ0v) is 11.7. The minimum Gasteiger partial charge on any atom is -0.478 e. The van der Waals surface area contributed by atoms with Gasteiger partial charge in [0.05, 0.1) is 0 Å². The molecule has 2 aromatic carbocycles. The normalized spacial score (nSPS) is 10.7. The summed E-state index contributed by atoms with van der Waals surface area (Å²) in [5.41, 5.74) is 3.39. The molecule has 0 fully saturated rings. The molecule has 1 N–H and O–H groups in total. The molecule has 106 valence electrons. The maximum Gasteiger partial charge on any atom is 0.328 e. The van der Waals surface area contributed by atoms with E-state index in [-0.39, 0.29) is 5.78 Å². The highest BCUT2D eigenvalue weighted by Gasteiger charge is 2.07. The summed E-state index contributed by atoms with van der Waals surface area (Å²) < 4.78 is 0. The van der Waals surface area contributed by atoms with Crippen LogP contribution in [0.4, 0.5) is 0 Å². The Kier molecular flexibility index (Phi) is 4.67. The number of aliphatic carboxylic acids is 1. The van der Waals surface area contributed by atoms with Crippen LogP contribution in [0.15, 0.2) is 54.6 Å². The molecule has 0 radical (unpaired) electrons. The standard InChI is InChI=1S/C18H16O3/c1-13-4-2-6-15(10-13)12-17(19)16-7-3-5-14(11-16)8-9-18(20)21/h2-11H,12H2,1H3,(H,20,21)/b9-8+. The number of carboxylic acid groups (broad SMARTS) is 1. The third kappa shape index (κ3) is 4.42. The molecule has 2 aromatic rings. The first-order valence-corrected chi connectivity index (χ1v) is 6.64. The van der Waals surface area contributed by atoms with Crippen LogP contribution in [0, 0.1) is 6.92 Å². The Morgan fingerprint density at radius 2 is 1.86 bits per heavy atom. The Morgan fingerprint density at radius 1 is 1.10 bits per heavy atom. The van der Waals surface area contributed by atoms with Gasteiger partial charge in [-0.1, -0.05) is 48.0 Å². The predicted molar refractivity (Wildman–Crippen MR) is 82.3 cm³/mol. The largest absolute Gasteiger partial charge is 0.478 e. The molecule has 21 heavy (non-hydrogen) atoms. The summed E-state index contributed by atoms with van der Waals surface area (Å²) in [6.07, 6.45) is 2.88. The Morgan fingerprint density at radius 3 is 2.57 bits per heavy atom. The number of Topliss-reactive ketones (excluding diaryl/α,β-unsaturated/α-hetero) is 1. The van der Waals surface area contributed by atoms with Crippen LogP contribution in [0.25, 0.3) is 6.08 Å². The predicted octanol–water partition coefficient (Wildman–Crippen LogP) is 3.52. The minimum absolute atomic E-state index is 0.0196. The van der Waals surface area contributed by atoms with Crippen LogP contribution in [-0.2, 0) is 11.2 Å². The summed E-state index contributed by atoms with van der Waals surface area (Å²) in [5, 5.41) is 8.62. The maximum atomic E-state index is 12.3. The number of hydrogen-bond donors (Lipinski definition) is 1. The van der Waals surface area contributed by atoms with Crippen molar-refractivity contribution < 1.29 is 14.7 Å². The van der Waals surface area contributed by atoms with Crippen molar-refractivity contribution in [1.82, 2.24) is 0 Å². The van der Waals surface area contributed by atoms with E-state index in [0.29, 0.717) is 17.5 Å². The molecule has 0 saturated heterocycles. The van der Waals surface area contributed by atoms with Gasteiger partial charge in [0.15, 0.2) is 5.78 Å². The fraction of sp³-hybridized carbons (Fsp3) is 0.111. The molecule has 0 aromatic heterocycles. The van der Waals surface area contributed by atoms with Crippen molar-refractivity contribution in [3.05, 3.63) is 76.9 Å². The molecular formula is C18H16O3. The average molecular weight is 280 g/mol. The number of rotatable bonds is 5. The smallest absolute Gasteiger partial charge is 0.328 e. The van der Waals surface area contributed by atoms with Gasteiger partial charge < -0.3 is 5.11 Å². The zero-order chi connectivity index (χ0) is 15.2. The second-order valence-corrected chi connectivity index (χ2v) is 4.89. The first-order valence-electron chi connectivity index (χ1n) is 6.64. The topological polar surface area (TPSA) is 54.4 Å². The number of aryl methyl sites for hydroxylation is 1. The number of hydrogen-bond acceptors (Lipinski definition) is 2. The summed E-state index contributed by atoms with van der Waals surface area (Å²) in [5.74, 6) is -0.988. The van der Waals surface area contributed by atoms with Crippen molar-refractivity contribution in [2.45, 2.75) is 13.3 Å². The lowest BCUT2D eigenvalue weighted by atomic mass is 10.00. The molecule has 0 spiro atoms. The second-order valence-electron chi connectivity index (χ2n) is 4.89. The van der Waals surface area contributed by atoms with Crippen LogP contribution in [-0.4, -0.2) is 16.9 Å². The Balaban J connectivity index is 2.16. The van der Waals surface area contributed by atoms with Gasteiger partial charge in [-0.25, -0.2) is 4.79 Å². The van der Waals surface area contributed by atoms with Gasteiger partial charge in [-0.15, -0.1) is 0 Å². The molecule has 3 heteroatoms. The van der Waals surface area contributed by atoms with Crippen molar-refractivity contribution in [2.75, 3.05) is 0 Å². The number of carboxylic acids is 1. The zero-order valence-electron chi connectivity index (χ0n) is 11.7. The van der Waals surface area contributed by atoms with Crippen molar-refractivity contribution in [2.24, 2.45) is 0 Å². The van der Waals surface area contributed by atoms with E-state index in [1.807, 2.05) is 31.2 Å². The minimum atomic E-state index is -1.01. The van der Waals surface area contributed by atoms with Gasteiger partial charge in [0.25, 0.3) is 0 Å². The van der Waals surface area contributed by atoms with E-state index < -0.39 is 5.97 Å². The van der Waals surface area contributed by atoms with E-state index in [0.717, 1.165) is 17.2 Å². The summed E-state index contributed by atoms with van der Waals surface area (Å²) in [7, 11) is 0. The number of ketones is 1. The fourth-order valence-electron chi connectivity index (χ4n) is 2.09. The Labute approximate surface area is 123 Å². The number of carbonyl (C=O) groups is 2. The van der Waals surface area contributed by atoms with E-state index in [4.69, 9.17) is 5.11 Å². The molecule has 2 rings (SSSR count). The SMILES string of the molecule is Cc1cccc(CC(=O)c2cccc(/C=C/C(=O)O)c2)c1. The molecule has 0 aliphatic carbocycles. The monoisotopic (exact) mass is 280 g/mol. The highest BCUT2D eigenvalue weighted by molar-refractivity contribution is 5.98. The van der Waals surface area contributed by atoms with E-state index in [2.05, 4.69) is 0 Å². The van der Waals surface area contributed by atoms with Gasteiger partial charge in [0, 0.05) is 18.1 Å². The lowest BCUT2D eigenvalue weighted by molar-refractivity contribution is -0.131. The Bertz CT molecular complexity index is 699. The first-order chi connectivity index (χ1) is 10.0. The summed E-state index contributed by atoms with van der Waals surface area (Å²) in [6, 6.07) is 14.8. The van der Waals surface area contributed by atoms with Gasteiger partial charge in [-0.2, -0.15) is 0 Å². The lowest BCUT2D eigenvalue weighted by Gasteiger charge is -2.04. The van der Waals surface area contributed by atoms with Crippen LogP contribution in [0.5, 0.6) is 0 Å². The van der Waals surface area contributed by atoms with Crippen molar-refractivity contribution in [3.63, 3.8) is 0 Å². The van der Waals surface area contributed by atoms with Crippen LogP contribution in [0.2, 0.25) is 0 Å². The van der Waals surface area contributed by atoms with E-state index >= 15 is 0 Å². The van der Waals surface area contributed by atoms with Crippen molar-refractivity contribution in [1.29, 1.82) is 0 Å². The van der Waals surface area contributed by atoms with Gasteiger partial charge in [-0.05, 0) is 30.2 Å². The third-order valence-corrected chi connectivity index (χ3v) is 3.07. The molecule has 3 nitrogen and oxygen atoms in total. The van der Waals surface area contributed by atoms with Gasteiger partial charge in [0.1, 0.15) is 0 Å².